The van der Waals surface area contributed by atoms with Crippen LogP contribution in [0, 0.1) is 0 Å². The second kappa shape index (κ2) is 9.99. The molecular weight excluding hydrogens is 410 g/mol. The van der Waals surface area contributed by atoms with Crippen molar-refractivity contribution in [2.75, 3.05) is 45.0 Å². The molecule has 8 heteroatoms. The molecule has 170 valence electrons. The van der Waals surface area contributed by atoms with Gasteiger partial charge < -0.3 is 34.3 Å². The lowest BCUT2D eigenvalue weighted by Gasteiger charge is -2.15. The standard InChI is InChI=1S/C24H29N3O5/c1-3-19(28-10-1)15-26-24(25-9-8-17-4-6-21-22(13-17)32-16-31-21)27-18-5-7-20-23(14-18)30-12-2-11-29-20/h4-7,13-14,19H,1-3,8-12,15-16H2,(H2,25,26,27). The summed E-state index contributed by atoms with van der Waals surface area (Å²) in [5, 5.41) is 6.84. The van der Waals surface area contributed by atoms with E-state index in [0.717, 1.165) is 73.5 Å². The van der Waals surface area contributed by atoms with Crippen LogP contribution in [0.15, 0.2) is 41.4 Å². The highest BCUT2D eigenvalue weighted by molar-refractivity contribution is 5.94. The van der Waals surface area contributed by atoms with E-state index < -0.39 is 0 Å². The van der Waals surface area contributed by atoms with Crippen LogP contribution in [-0.4, -0.2) is 51.8 Å². The Kier molecular flexibility index (Phi) is 6.48. The summed E-state index contributed by atoms with van der Waals surface area (Å²) < 4.78 is 28.2. The second-order valence-corrected chi connectivity index (χ2v) is 8.03. The van der Waals surface area contributed by atoms with Gasteiger partial charge in [-0.1, -0.05) is 6.07 Å². The van der Waals surface area contributed by atoms with Crippen molar-refractivity contribution in [2.24, 2.45) is 4.99 Å². The molecule has 2 aromatic carbocycles. The molecule has 1 unspecified atom stereocenters. The molecule has 8 nitrogen and oxygen atoms in total. The van der Waals surface area contributed by atoms with E-state index in [1.807, 2.05) is 30.3 Å². The van der Waals surface area contributed by atoms with Crippen LogP contribution < -0.4 is 29.6 Å². The summed E-state index contributed by atoms with van der Waals surface area (Å²) in [5.74, 6) is 3.86. The highest BCUT2D eigenvalue weighted by Gasteiger charge is 2.16. The summed E-state index contributed by atoms with van der Waals surface area (Å²) in [6.07, 6.45) is 4.05. The van der Waals surface area contributed by atoms with Crippen molar-refractivity contribution < 1.29 is 23.7 Å². The van der Waals surface area contributed by atoms with Gasteiger partial charge in [0.15, 0.2) is 29.0 Å². The summed E-state index contributed by atoms with van der Waals surface area (Å²) >= 11 is 0. The van der Waals surface area contributed by atoms with E-state index in [1.165, 1.54) is 5.56 Å². The predicted molar refractivity (Wildman–Crippen MR) is 121 cm³/mol. The van der Waals surface area contributed by atoms with E-state index >= 15 is 0 Å². The monoisotopic (exact) mass is 439 g/mol. The van der Waals surface area contributed by atoms with Gasteiger partial charge in [-0.15, -0.1) is 0 Å². The lowest BCUT2D eigenvalue weighted by atomic mass is 10.1. The Morgan fingerprint density at radius 2 is 1.69 bits per heavy atom. The largest absolute Gasteiger partial charge is 0.490 e. The Morgan fingerprint density at radius 3 is 2.59 bits per heavy atom. The number of aliphatic imine (C=N–C) groups is 1. The zero-order chi connectivity index (χ0) is 21.6. The van der Waals surface area contributed by atoms with Crippen molar-refractivity contribution in [3.63, 3.8) is 0 Å². The van der Waals surface area contributed by atoms with E-state index in [0.29, 0.717) is 19.8 Å². The highest BCUT2D eigenvalue weighted by Crippen LogP contribution is 2.33. The number of rotatable bonds is 6. The molecule has 0 aromatic heterocycles. The maximum absolute atomic E-state index is 5.82. The smallest absolute Gasteiger partial charge is 0.231 e. The molecule has 3 aliphatic rings. The fraction of sp³-hybridized carbons (Fsp3) is 0.458. The molecular formula is C24H29N3O5. The molecule has 2 aromatic rings. The lowest BCUT2D eigenvalue weighted by molar-refractivity contribution is 0.118. The van der Waals surface area contributed by atoms with E-state index in [1.54, 1.807) is 0 Å². The van der Waals surface area contributed by atoms with Gasteiger partial charge in [-0.3, -0.25) is 4.99 Å². The molecule has 0 aliphatic carbocycles. The van der Waals surface area contributed by atoms with Crippen LogP contribution in [0.5, 0.6) is 23.0 Å². The van der Waals surface area contributed by atoms with E-state index in [9.17, 15) is 0 Å². The molecule has 0 amide bonds. The minimum atomic E-state index is 0.186. The summed E-state index contributed by atoms with van der Waals surface area (Å²) in [7, 11) is 0. The third-order valence-electron chi connectivity index (χ3n) is 5.63. The first-order chi connectivity index (χ1) is 15.8. The number of anilines is 1. The number of hydrogen-bond acceptors (Lipinski definition) is 6. The van der Waals surface area contributed by atoms with Crippen molar-refractivity contribution in [1.82, 2.24) is 5.32 Å². The SMILES string of the molecule is c1cc2c(cc1CCNC(=NCC1CCCO1)Nc1ccc3c(c1)OCCCO3)OCO2. The summed E-state index contributed by atoms with van der Waals surface area (Å²) in [5.41, 5.74) is 2.08. The quantitative estimate of drug-likeness (QED) is 0.528. The van der Waals surface area contributed by atoms with Gasteiger partial charge in [0.2, 0.25) is 6.79 Å². The van der Waals surface area contributed by atoms with E-state index in [2.05, 4.69) is 16.7 Å². The van der Waals surface area contributed by atoms with Gasteiger partial charge in [-0.05, 0) is 49.1 Å². The molecule has 1 atom stereocenters. The third-order valence-corrected chi connectivity index (χ3v) is 5.63. The van der Waals surface area contributed by atoms with E-state index in [4.69, 9.17) is 28.7 Å². The molecule has 1 saturated heterocycles. The zero-order valence-corrected chi connectivity index (χ0v) is 18.1. The van der Waals surface area contributed by atoms with Crippen LogP contribution in [0.4, 0.5) is 5.69 Å². The van der Waals surface area contributed by atoms with Gasteiger partial charge in [0.05, 0.1) is 25.9 Å². The number of nitrogens with zero attached hydrogens (tertiary/aromatic N) is 1. The number of nitrogens with one attached hydrogen (secondary N) is 2. The summed E-state index contributed by atoms with van der Waals surface area (Å²) in [4.78, 5) is 4.77. The van der Waals surface area contributed by atoms with Gasteiger partial charge in [0.25, 0.3) is 0 Å². The molecule has 32 heavy (non-hydrogen) atoms. The topological polar surface area (TPSA) is 82.6 Å². The average Bonchev–Trinajstić information content (AvgIpc) is 3.44. The molecule has 1 fully saturated rings. The molecule has 3 aliphatic heterocycles. The fourth-order valence-electron chi connectivity index (χ4n) is 3.92. The fourth-order valence-corrected chi connectivity index (χ4v) is 3.92. The third kappa shape index (κ3) is 5.19. The first-order valence-electron chi connectivity index (χ1n) is 11.3. The number of fused-ring (bicyclic) bond motifs is 2. The van der Waals surface area contributed by atoms with Crippen molar-refractivity contribution in [3.8, 4) is 23.0 Å². The van der Waals surface area contributed by atoms with Crippen LogP contribution in [0.25, 0.3) is 0 Å². The van der Waals surface area contributed by atoms with Crippen LogP contribution in [0.3, 0.4) is 0 Å². The van der Waals surface area contributed by atoms with Gasteiger partial charge >= 0.3 is 0 Å². The normalized spacial score (nSPS) is 19.5. The molecule has 0 radical (unpaired) electrons. The predicted octanol–water partition coefficient (Wildman–Crippen LogP) is 3.36. The lowest BCUT2D eigenvalue weighted by Crippen LogP contribution is -2.33. The molecule has 5 rings (SSSR count). The Bertz CT molecular complexity index is 959. The Balaban J connectivity index is 1.24. The van der Waals surface area contributed by atoms with Crippen molar-refractivity contribution in [1.29, 1.82) is 0 Å². The number of hydrogen-bond donors (Lipinski definition) is 2. The average molecular weight is 440 g/mol. The minimum Gasteiger partial charge on any atom is -0.490 e. The minimum absolute atomic E-state index is 0.186. The second-order valence-electron chi connectivity index (χ2n) is 8.03. The Morgan fingerprint density at radius 1 is 0.875 bits per heavy atom. The molecule has 2 N–H and O–H groups in total. The van der Waals surface area contributed by atoms with Crippen molar-refractivity contribution in [3.05, 3.63) is 42.0 Å². The Hall–Kier alpha value is -3.13. The Labute approximate surface area is 187 Å². The molecule has 0 bridgehead atoms. The highest BCUT2D eigenvalue weighted by atomic mass is 16.7. The zero-order valence-electron chi connectivity index (χ0n) is 18.1. The van der Waals surface area contributed by atoms with Crippen LogP contribution in [-0.2, 0) is 11.2 Å². The summed E-state index contributed by atoms with van der Waals surface area (Å²) in [6.45, 7) is 3.80. The van der Waals surface area contributed by atoms with E-state index in [-0.39, 0.29) is 12.9 Å². The van der Waals surface area contributed by atoms with Gasteiger partial charge in [0, 0.05) is 31.3 Å². The number of ether oxygens (including phenoxy) is 5. The maximum Gasteiger partial charge on any atom is 0.231 e. The van der Waals surface area contributed by atoms with Crippen molar-refractivity contribution >= 4 is 11.6 Å². The first-order valence-corrected chi connectivity index (χ1v) is 11.3. The van der Waals surface area contributed by atoms with Crippen LogP contribution in [0.2, 0.25) is 0 Å². The van der Waals surface area contributed by atoms with Crippen LogP contribution in [0.1, 0.15) is 24.8 Å². The first kappa shape index (κ1) is 20.8. The maximum atomic E-state index is 5.82. The summed E-state index contributed by atoms with van der Waals surface area (Å²) in [6, 6.07) is 11.9. The van der Waals surface area contributed by atoms with Crippen molar-refractivity contribution in [2.45, 2.75) is 31.8 Å². The molecule has 0 spiro atoms. The van der Waals surface area contributed by atoms with Gasteiger partial charge in [-0.25, -0.2) is 0 Å². The number of guanidine groups is 1. The molecule has 0 saturated carbocycles. The van der Waals surface area contributed by atoms with Gasteiger partial charge in [0.1, 0.15) is 0 Å². The van der Waals surface area contributed by atoms with Gasteiger partial charge in [-0.2, -0.15) is 0 Å². The molecule has 3 heterocycles. The van der Waals surface area contributed by atoms with Crippen LogP contribution >= 0.6 is 0 Å². The number of benzene rings is 2.